The first kappa shape index (κ1) is 45.2. The van der Waals surface area contributed by atoms with Crippen molar-refractivity contribution in [3.05, 3.63) is 221 Å². The molecule has 0 unspecified atom stereocenters. The first-order chi connectivity index (χ1) is 37.0. The van der Waals surface area contributed by atoms with E-state index in [-0.39, 0.29) is 22.3 Å². The van der Waals surface area contributed by atoms with E-state index in [2.05, 4.69) is 9.55 Å². The molecule has 0 radical (unpaired) electrons. The fourth-order valence-electron chi connectivity index (χ4n) is 11.1. The summed E-state index contributed by atoms with van der Waals surface area (Å²) < 4.78 is 2.08. The highest BCUT2D eigenvalue weighted by Crippen LogP contribution is 2.52. The van der Waals surface area contributed by atoms with Crippen molar-refractivity contribution in [2.75, 3.05) is 0 Å². The minimum Gasteiger partial charge on any atom is -0.478 e. The molecule has 8 bridgehead atoms. The molecule has 362 valence electrons. The van der Waals surface area contributed by atoms with Gasteiger partial charge in [0.2, 0.25) is 0 Å². The van der Waals surface area contributed by atoms with E-state index in [1.54, 1.807) is 97.1 Å². The van der Waals surface area contributed by atoms with Crippen LogP contribution in [0, 0.1) is 0 Å². The van der Waals surface area contributed by atoms with Crippen molar-refractivity contribution in [3.63, 3.8) is 0 Å². The Morgan fingerprint density at radius 1 is 0.368 bits per heavy atom. The van der Waals surface area contributed by atoms with Crippen LogP contribution in [0.4, 0.5) is 0 Å². The van der Waals surface area contributed by atoms with Crippen molar-refractivity contribution in [2.45, 2.75) is 0 Å². The minimum absolute atomic E-state index is 0.0696. The third-order valence-electron chi connectivity index (χ3n) is 14.3. The van der Waals surface area contributed by atoms with E-state index in [0.717, 1.165) is 11.0 Å². The standard InChI is InChI=1S/C64H38N4O8/c69-61(70)50-25-22-47(39-9-1-4-12-42(39)50)57-54-29-21-37(67-54)32-36-18-17-34(65-36)31-35-19-20-38(66-35)33-56-58(48-23-26-51(62(71)72)43-13-5-2-10-40(43)48)59(49-24-27-52(63(73)74)44-14-6-3-11-41(44)49)60(57)68(56)55-30-28-53(64(75)76)45-15-7-8-16-46(45)55/h1-33,65H,(H,69,70)(H,71,72)(H,73,74)(H,75,76). The van der Waals surface area contributed by atoms with Gasteiger partial charge in [0.25, 0.3) is 0 Å². The van der Waals surface area contributed by atoms with Gasteiger partial charge in [0.05, 0.1) is 61.8 Å². The first-order valence-electron chi connectivity index (χ1n) is 24.2. The van der Waals surface area contributed by atoms with Crippen LogP contribution in [0.15, 0.2) is 176 Å². The summed E-state index contributed by atoms with van der Waals surface area (Å²) in [6.07, 6.45) is 7.64. The lowest BCUT2D eigenvalue weighted by Gasteiger charge is -2.18. The van der Waals surface area contributed by atoms with Crippen LogP contribution in [0.5, 0.6) is 0 Å². The van der Waals surface area contributed by atoms with Gasteiger partial charge in [-0.05, 0) is 139 Å². The van der Waals surface area contributed by atoms with E-state index in [0.29, 0.717) is 116 Å². The van der Waals surface area contributed by atoms with Gasteiger partial charge in [0.15, 0.2) is 0 Å². The zero-order chi connectivity index (χ0) is 51.9. The molecule has 13 rings (SSSR count). The number of carbonyl (C=O) groups is 4. The number of aromatic carboxylic acids is 4. The highest BCUT2D eigenvalue weighted by Gasteiger charge is 2.31. The van der Waals surface area contributed by atoms with E-state index >= 15 is 0 Å². The molecule has 0 fully saturated rings. The van der Waals surface area contributed by atoms with Gasteiger partial charge < -0.3 is 30.0 Å². The van der Waals surface area contributed by atoms with Gasteiger partial charge in [-0.3, -0.25) is 0 Å². The monoisotopic (exact) mass is 990 g/mol. The summed E-state index contributed by atoms with van der Waals surface area (Å²) in [4.78, 5) is 66.4. The van der Waals surface area contributed by atoms with Crippen LogP contribution in [-0.4, -0.2) is 63.8 Å². The Kier molecular flexibility index (Phi) is 10.4. The predicted molar refractivity (Wildman–Crippen MR) is 298 cm³/mol. The molecule has 76 heavy (non-hydrogen) atoms. The smallest absolute Gasteiger partial charge is 0.336 e. The summed E-state index contributed by atoms with van der Waals surface area (Å²) in [6, 6.07) is 52.3. The zero-order valence-corrected chi connectivity index (χ0v) is 39.8. The lowest BCUT2D eigenvalue weighted by Crippen LogP contribution is -2.03. The normalized spacial score (nSPS) is 12.0. The number of H-pyrrole nitrogens is 1. The van der Waals surface area contributed by atoms with Crippen molar-refractivity contribution < 1.29 is 39.6 Å². The predicted octanol–water partition coefficient (Wildman–Crippen LogP) is 14.5. The summed E-state index contributed by atoms with van der Waals surface area (Å²) in [5, 5.41) is 46.9. The second-order valence-corrected chi connectivity index (χ2v) is 18.6. The van der Waals surface area contributed by atoms with Gasteiger partial charge in [-0.25, -0.2) is 29.1 Å². The Balaban J connectivity index is 1.41. The lowest BCUT2D eigenvalue weighted by atomic mass is 9.86. The van der Waals surface area contributed by atoms with Gasteiger partial charge in [-0.15, -0.1) is 0 Å². The zero-order valence-electron chi connectivity index (χ0n) is 39.8. The van der Waals surface area contributed by atoms with Crippen LogP contribution >= 0.6 is 0 Å². The molecule has 0 amide bonds. The van der Waals surface area contributed by atoms with Crippen LogP contribution in [0.2, 0.25) is 0 Å². The van der Waals surface area contributed by atoms with Crippen molar-refractivity contribution >= 4 is 113 Å². The van der Waals surface area contributed by atoms with Gasteiger partial charge in [-0.1, -0.05) is 115 Å². The van der Waals surface area contributed by atoms with E-state index in [4.69, 9.17) is 9.97 Å². The largest absolute Gasteiger partial charge is 0.478 e. The van der Waals surface area contributed by atoms with E-state index in [1.807, 2.05) is 103 Å². The summed E-state index contributed by atoms with van der Waals surface area (Å²) in [5.74, 6) is -4.49. The second kappa shape index (κ2) is 17.5. The number of hydrogen-bond acceptors (Lipinski definition) is 6. The molecule has 12 nitrogen and oxygen atoms in total. The number of hydrogen-bond donors (Lipinski definition) is 5. The quantitative estimate of drug-likeness (QED) is 0.0977. The molecule has 0 saturated heterocycles. The molecule has 0 atom stereocenters. The number of nitrogens with zero attached hydrogens (tertiary/aromatic N) is 3. The fraction of sp³-hybridized carbons (Fsp3) is 0. The van der Waals surface area contributed by atoms with Crippen molar-refractivity contribution in [2.24, 2.45) is 0 Å². The highest BCUT2D eigenvalue weighted by molar-refractivity contribution is 6.23. The Labute approximate surface area is 430 Å². The molecule has 5 N–H and O–H groups in total. The molecule has 8 aromatic carbocycles. The molecular weight excluding hydrogens is 953 g/mol. The Bertz CT molecular complexity index is 4680. The van der Waals surface area contributed by atoms with E-state index in [1.165, 1.54) is 0 Å². The van der Waals surface area contributed by atoms with Crippen LogP contribution in [-0.2, 0) is 0 Å². The van der Waals surface area contributed by atoms with Crippen molar-refractivity contribution in [1.82, 2.24) is 19.5 Å². The number of fused-ring (bicyclic) bond motifs is 12. The number of nitrogens with one attached hydrogen (secondary N) is 1. The SMILES string of the molecule is O=C(O)c1ccc(-c2c(-c3ccc(C(=O)O)c4ccccc34)c3c(-c4ccc(C(=O)O)c5ccccc45)c4nc(cc5ccc(cc6nc(cc2n3-c2ccc(C(=O)O)c3ccccc23)C=C6)[nH]5)C=C4)c2ccccc12. The van der Waals surface area contributed by atoms with Crippen molar-refractivity contribution in [3.8, 4) is 39.1 Å². The fourth-order valence-corrected chi connectivity index (χ4v) is 11.1. The lowest BCUT2D eigenvalue weighted by molar-refractivity contribution is 0.0688. The number of aromatic amines is 1. The minimum atomic E-state index is -1.13. The summed E-state index contributed by atoms with van der Waals surface area (Å²) >= 11 is 0. The molecular formula is C64H38N4O8. The molecule has 2 aliphatic rings. The maximum absolute atomic E-state index is 13.1. The average Bonchev–Trinajstić information content (AvgIpc) is 4.28. The molecule has 2 aliphatic heterocycles. The summed E-state index contributed by atoms with van der Waals surface area (Å²) in [6.45, 7) is 0. The summed E-state index contributed by atoms with van der Waals surface area (Å²) in [5.41, 5.74) is 9.28. The van der Waals surface area contributed by atoms with Gasteiger partial charge >= 0.3 is 23.9 Å². The molecule has 5 heterocycles. The molecule has 3 aromatic heterocycles. The van der Waals surface area contributed by atoms with Crippen LogP contribution in [0.25, 0.3) is 129 Å². The number of carboxylic acid groups (broad SMARTS) is 4. The van der Waals surface area contributed by atoms with Crippen molar-refractivity contribution in [1.29, 1.82) is 0 Å². The maximum Gasteiger partial charge on any atom is 0.336 e. The Morgan fingerprint density at radius 2 is 0.750 bits per heavy atom. The summed E-state index contributed by atoms with van der Waals surface area (Å²) in [7, 11) is 0. The molecule has 0 aliphatic carbocycles. The number of rotatable bonds is 8. The van der Waals surface area contributed by atoms with Crippen LogP contribution in [0.1, 0.15) is 64.2 Å². The highest BCUT2D eigenvalue weighted by atomic mass is 16.4. The van der Waals surface area contributed by atoms with Gasteiger partial charge in [0, 0.05) is 33.1 Å². The molecule has 0 saturated carbocycles. The Hall–Kier alpha value is -10.7. The number of aromatic nitrogens is 4. The van der Waals surface area contributed by atoms with E-state index in [9.17, 15) is 39.6 Å². The third-order valence-corrected chi connectivity index (χ3v) is 14.3. The first-order valence-corrected chi connectivity index (χ1v) is 24.2. The topological polar surface area (TPSA) is 196 Å². The second-order valence-electron chi connectivity index (χ2n) is 18.6. The number of carboxylic acids is 4. The van der Waals surface area contributed by atoms with E-state index < -0.39 is 23.9 Å². The van der Waals surface area contributed by atoms with Gasteiger partial charge in [0.1, 0.15) is 0 Å². The molecule has 0 spiro atoms. The van der Waals surface area contributed by atoms with Crippen LogP contribution < -0.4 is 0 Å². The number of benzene rings is 8. The third kappa shape index (κ3) is 7.23. The van der Waals surface area contributed by atoms with Crippen LogP contribution in [0.3, 0.4) is 0 Å². The average molecular weight is 991 g/mol. The Morgan fingerprint density at radius 3 is 1.24 bits per heavy atom. The molecule has 11 aromatic rings. The molecule has 12 heteroatoms. The van der Waals surface area contributed by atoms with Gasteiger partial charge in [-0.2, -0.15) is 0 Å². The maximum atomic E-state index is 13.1.